The minimum Gasteiger partial charge on any atom is -0.498 e. The third-order valence-corrected chi connectivity index (χ3v) is 2.10. The summed E-state index contributed by atoms with van der Waals surface area (Å²) in [6.07, 6.45) is 7.78. The van der Waals surface area contributed by atoms with Gasteiger partial charge in [0.1, 0.15) is 0 Å². The van der Waals surface area contributed by atoms with Gasteiger partial charge in [-0.1, -0.05) is 18.7 Å². The second kappa shape index (κ2) is 4.22. The van der Waals surface area contributed by atoms with Crippen LogP contribution in [0.1, 0.15) is 26.2 Å². The highest BCUT2D eigenvalue weighted by Gasteiger charge is 2.16. The topological polar surface area (TPSA) is 9.23 Å². The Labute approximate surface area is 68.8 Å². The van der Waals surface area contributed by atoms with Crippen LogP contribution in [-0.2, 0) is 4.74 Å². The molecule has 1 aliphatic rings. The minimum absolute atomic E-state index is 0.569. The molecule has 0 bridgehead atoms. The molecule has 0 saturated carbocycles. The average molecular weight is 152 g/mol. The van der Waals surface area contributed by atoms with Crippen molar-refractivity contribution in [3.63, 3.8) is 0 Å². The van der Waals surface area contributed by atoms with Crippen LogP contribution in [0, 0.1) is 5.92 Å². The number of allylic oxidation sites excluding steroid dienone is 3. The molecule has 1 nitrogen and oxygen atoms in total. The molecule has 0 spiro atoms. The van der Waals surface area contributed by atoms with E-state index in [1.54, 1.807) is 0 Å². The summed E-state index contributed by atoms with van der Waals surface area (Å²) < 4.78 is 5.36. The van der Waals surface area contributed by atoms with Crippen LogP contribution in [0.2, 0.25) is 0 Å². The molecule has 1 aliphatic heterocycles. The Balaban J connectivity index is 2.35. The van der Waals surface area contributed by atoms with Gasteiger partial charge in [-0.05, 0) is 26.2 Å². The number of rotatable bonds is 2. The zero-order valence-electron chi connectivity index (χ0n) is 7.18. The Bertz CT molecular complexity index is 158. The van der Waals surface area contributed by atoms with Crippen LogP contribution in [0.3, 0.4) is 0 Å². The van der Waals surface area contributed by atoms with Gasteiger partial charge in [0.05, 0.1) is 12.4 Å². The first-order valence-electron chi connectivity index (χ1n) is 4.27. The smallest absolute Gasteiger partial charge is 0.0922 e. The van der Waals surface area contributed by atoms with Crippen LogP contribution in [0.25, 0.3) is 0 Å². The van der Waals surface area contributed by atoms with Gasteiger partial charge in [-0.15, -0.1) is 0 Å². The zero-order chi connectivity index (χ0) is 8.10. The molecule has 0 radical (unpaired) electrons. The largest absolute Gasteiger partial charge is 0.498 e. The summed E-state index contributed by atoms with van der Waals surface area (Å²) in [5, 5.41) is 0. The third kappa shape index (κ3) is 2.41. The summed E-state index contributed by atoms with van der Waals surface area (Å²) in [7, 11) is 0. The molecular formula is C10H16O. The van der Waals surface area contributed by atoms with Crippen LogP contribution in [0.15, 0.2) is 24.5 Å². The van der Waals surface area contributed by atoms with Crippen molar-refractivity contribution in [3.8, 4) is 0 Å². The molecule has 1 unspecified atom stereocenters. The standard InChI is InChI=1S/C10H16O/c1-3-4-6-10-7-5-8-11-9(10)2/h3-4,10H,2,5-8H2,1H3/b4-3+. The van der Waals surface area contributed by atoms with Gasteiger partial charge in [-0.2, -0.15) is 0 Å². The summed E-state index contributed by atoms with van der Waals surface area (Å²) in [5.74, 6) is 1.55. The van der Waals surface area contributed by atoms with E-state index in [2.05, 4.69) is 18.7 Å². The molecule has 0 N–H and O–H groups in total. The zero-order valence-corrected chi connectivity index (χ0v) is 7.18. The highest BCUT2D eigenvalue weighted by Crippen LogP contribution is 2.25. The van der Waals surface area contributed by atoms with Gasteiger partial charge in [0.15, 0.2) is 0 Å². The van der Waals surface area contributed by atoms with Crippen molar-refractivity contribution in [2.45, 2.75) is 26.2 Å². The highest BCUT2D eigenvalue weighted by atomic mass is 16.5. The number of ether oxygens (including phenoxy) is 1. The van der Waals surface area contributed by atoms with Crippen LogP contribution in [0.4, 0.5) is 0 Å². The Morgan fingerprint density at radius 2 is 2.55 bits per heavy atom. The summed E-state index contributed by atoms with van der Waals surface area (Å²) in [5.41, 5.74) is 0. The van der Waals surface area contributed by atoms with Crippen molar-refractivity contribution in [2.75, 3.05) is 6.61 Å². The molecule has 0 amide bonds. The third-order valence-electron chi connectivity index (χ3n) is 2.10. The molecular weight excluding hydrogens is 136 g/mol. The first-order chi connectivity index (χ1) is 5.34. The first-order valence-corrected chi connectivity index (χ1v) is 4.27. The Morgan fingerprint density at radius 1 is 1.73 bits per heavy atom. The lowest BCUT2D eigenvalue weighted by molar-refractivity contribution is 0.130. The van der Waals surface area contributed by atoms with E-state index in [4.69, 9.17) is 4.74 Å². The van der Waals surface area contributed by atoms with Crippen molar-refractivity contribution < 1.29 is 4.74 Å². The monoisotopic (exact) mass is 152 g/mol. The van der Waals surface area contributed by atoms with E-state index < -0.39 is 0 Å². The number of hydrogen-bond acceptors (Lipinski definition) is 1. The predicted octanol–water partition coefficient (Wildman–Crippen LogP) is 2.89. The summed E-state index contributed by atoms with van der Waals surface area (Å²) in [6, 6.07) is 0. The second-order valence-corrected chi connectivity index (χ2v) is 2.96. The van der Waals surface area contributed by atoms with Crippen LogP contribution in [-0.4, -0.2) is 6.61 Å². The highest BCUT2D eigenvalue weighted by molar-refractivity contribution is 4.97. The molecule has 1 rings (SSSR count). The second-order valence-electron chi connectivity index (χ2n) is 2.96. The van der Waals surface area contributed by atoms with Crippen molar-refractivity contribution in [2.24, 2.45) is 5.92 Å². The van der Waals surface area contributed by atoms with Gasteiger partial charge in [-0.25, -0.2) is 0 Å². The Kier molecular flexibility index (Phi) is 3.21. The summed E-state index contributed by atoms with van der Waals surface area (Å²) >= 11 is 0. The SMILES string of the molecule is C=C1OCCCC1C/C=C/C. The fourth-order valence-corrected chi connectivity index (χ4v) is 1.36. The van der Waals surface area contributed by atoms with E-state index in [0.717, 1.165) is 18.8 Å². The lowest BCUT2D eigenvalue weighted by atomic mass is 9.96. The van der Waals surface area contributed by atoms with Gasteiger partial charge in [0, 0.05) is 5.92 Å². The fourth-order valence-electron chi connectivity index (χ4n) is 1.36. The average Bonchev–Trinajstić information content (AvgIpc) is 2.03. The molecule has 62 valence electrons. The van der Waals surface area contributed by atoms with E-state index in [-0.39, 0.29) is 0 Å². The summed E-state index contributed by atoms with van der Waals surface area (Å²) in [6.45, 7) is 6.81. The van der Waals surface area contributed by atoms with Gasteiger partial charge in [0.25, 0.3) is 0 Å². The minimum atomic E-state index is 0.569. The van der Waals surface area contributed by atoms with Gasteiger partial charge < -0.3 is 4.74 Å². The van der Waals surface area contributed by atoms with Gasteiger partial charge in [0.2, 0.25) is 0 Å². The molecule has 11 heavy (non-hydrogen) atoms. The number of hydrogen-bond donors (Lipinski definition) is 0. The van der Waals surface area contributed by atoms with E-state index >= 15 is 0 Å². The molecule has 1 atom stereocenters. The predicted molar refractivity (Wildman–Crippen MR) is 47.2 cm³/mol. The van der Waals surface area contributed by atoms with Crippen molar-refractivity contribution in [3.05, 3.63) is 24.5 Å². The Hall–Kier alpha value is -0.720. The van der Waals surface area contributed by atoms with Crippen LogP contribution in [0.5, 0.6) is 0 Å². The molecule has 1 saturated heterocycles. The van der Waals surface area contributed by atoms with Crippen LogP contribution >= 0.6 is 0 Å². The Morgan fingerprint density at radius 3 is 3.18 bits per heavy atom. The maximum Gasteiger partial charge on any atom is 0.0922 e. The molecule has 1 fully saturated rings. The maximum atomic E-state index is 5.36. The van der Waals surface area contributed by atoms with Crippen molar-refractivity contribution in [1.29, 1.82) is 0 Å². The van der Waals surface area contributed by atoms with E-state index in [9.17, 15) is 0 Å². The molecule has 0 aromatic rings. The van der Waals surface area contributed by atoms with E-state index in [0.29, 0.717) is 5.92 Å². The maximum absolute atomic E-state index is 5.36. The molecule has 0 aliphatic carbocycles. The molecule has 1 heterocycles. The lowest BCUT2D eigenvalue weighted by Crippen LogP contribution is -2.13. The normalized spacial score (nSPS) is 25.5. The molecule has 0 aromatic heterocycles. The quantitative estimate of drug-likeness (QED) is 0.553. The van der Waals surface area contributed by atoms with E-state index in [1.165, 1.54) is 12.8 Å². The van der Waals surface area contributed by atoms with Gasteiger partial charge in [-0.3, -0.25) is 0 Å². The van der Waals surface area contributed by atoms with Crippen molar-refractivity contribution in [1.82, 2.24) is 0 Å². The molecule has 1 heteroatoms. The first kappa shape index (κ1) is 8.38. The van der Waals surface area contributed by atoms with E-state index in [1.807, 2.05) is 6.92 Å². The van der Waals surface area contributed by atoms with Crippen LogP contribution < -0.4 is 0 Å². The fraction of sp³-hybridized carbons (Fsp3) is 0.600. The lowest BCUT2D eigenvalue weighted by Gasteiger charge is -2.23. The molecule has 0 aromatic carbocycles. The summed E-state index contributed by atoms with van der Waals surface area (Å²) in [4.78, 5) is 0. The van der Waals surface area contributed by atoms with Gasteiger partial charge >= 0.3 is 0 Å². The van der Waals surface area contributed by atoms with Crippen molar-refractivity contribution >= 4 is 0 Å².